The molecule has 0 bridgehead atoms. The number of hydrogen-bond acceptors (Lipinski definition) is 4. The van der Waals surface area contributed by atoms with Crippen molar-refractivity contribution in [2.75, 3.05) is 11.5 Å². The zero-order chi connectivity index (χ0) is 43.6. The fourth-order valence-corrected chi connectivity index (χ4v) is 5.24. The fraction of sp³-hybridized carbons (Fsp3) is 0.273. The van der Waals surface area contributed by atoms with Crippen molar-refractivity contribution in [1.82, 2.24) is 0 Å². The van der Waals surface area contributed by atoms with E-state index in [-0.39, 0.29) is 60.7 Å². The number of alkyl halides is 20. The molecule has 0 unspecified atom stereocenters. The van der Waals surface area contributed by atoms with E-state index < -0.39 is 110 Å². The molecule has 24 heteroatoms. The third-order valence-corrected chi connectivity index (χ3v) is 8.07. The summed E-state index contributed by atoms with van der Waals surface area (Å²) in [6, 6.07) is 2.75. The van der Waals surface area contributed by atoms with E-state index in [2.05, 4.69) is 0 Å². The second-order valence-electron chi connectivity index (χ2n) is 11.8. The van der Waals surface area contributed by atoms with Gasteiger partial charge in [0.2, 0.25) is 5.41 Å². The second kappa shape index (κ2) is 14.0. The van der Waals surface area contributed by atoms with Crippen LogP contribution in [0.3, 0.4) is 0 Å². The molecule has 4 aromatic carbocycles. The van der Waals surface area contributed by atoms with Gasteiger partial charge >= 0.3 is 48.4 Å². The summed E-state index contributed by atoms with van der Waals surface area (Å²) in [5, 5.41) is 0. The molecular weight excluding hydrogens is 836 g/mol. The van der Waals surface area contributed by atoms with Gasteiger partial charge in [0, 0.05) is 23.5 Å². The van der Waals surface area contributed by atoms with Crippen LogP contribution in [0.2, 0.25) is 0 Å². The van der Waals surface area contributed by atoms with Crippen LogP contribution < -0.4 is 20.9 Å². The lowest BCUT2D eigenvalue weighted by atomic mass is 9.73. The number of rotatable bonds is 10. The third-order valence-electron chi connectivity index (χ3n) is 8.07. The van der Waals surface area contributed by atoms with E-state index in [4.69, 9.17) is 20.9 Å². The summed E-state index contributed by atoms with van der Waals surface area (Å²) in [5.41, 5.74) is -3.22. The summed E-state index contributed by atoms with van der Waals surface area (Å²) in [6.07, 6.45) is -26.4. The standard InChI is InChI=1S/C33H18F20N2O2/c34-26(35,28(38,39)32(48,49)50)21-11-5-17(54)13-23(21)56-19-7-1-15(2-8-19)25(30(42,43)44,31(45,46)47)16-3-9-20(10-4-16)57-24-14-18(55)6-12-22(24)27(36,37)29(40,41)33(51,52)53/h1-14H,54-55H2. The zero-order valence-corrected chi connectivity index (χ0v) is 27.1. The van der Waals surface area contributed by atoms with Crippen molar-refractivity contribution in [3.8, 4) is 23.0 Å². The molecule has 0 aromatic heterocycles. The van der Waals surface area contributed by atoms with Gasteiger partial charge in [-0.2, -0.15) is 87.8 Å². The van der Waals surface area contributed by atoms with Gasteiger partial charge in [0.05, 0.1) is 11.1 Å². The summed E-state index contributed by atoms with van der Waals surface area (Å²) in [7, 11) is 0. The van der Waals surface area contributed by atoms with Gasteiger partial charge in [-0.1, -0.05) is 24.3 Å². The lowest BCUT2D eigenvalue weighted by molar-refractivity contribution is -0.359. The minimum absolute atomic E-state index is 0.00127. The molecule has 0 spiro atoms. The van der Waals surface area contributed by atoms with Crippen LogP contribution in [0.5, 0.6) is 23.0 Å². The van der Waals surface area contributed by atoms with Gasteiger partial charge in [-0.3, -0.25) is 0 Å². The minimum Gasteiger partial charge on any atom is -0.457 e. The number of nitrogens with two attached hydrogens (primary N) is 2. The molecule has 0 aliphatic heterocycles. The van der Waals surface area contributed by atoms with E-state index in [0.29, 0.717) is 24.3 Å². The van der Waals surface area contributed by atoms with Crippen LogP contribution >= 0.6 is 0 Å². The number of halogens is 20. The quantitative estimate of drug-likeness (QED) is 0.123. The first-order chi connectivity index (χ1) is 25.6. The number of nitrogen functional groups attached to an aromatic ring is 2. The summed E-state index contributed by atoms with van der Waals surface area (Å²) in [5.74, 6) is -30.6. The first kappa shape index (κ1) is 44.4. The monoisotopic (exact) mass is 854 g/mol. The topological polar surface area (TPSA) is 70.5 Å². The smallest absolute Gasteiger partial charge is 0.457 e. The molecule has 4 rings (SSSR count). The van der Waals surface area contributed by atoms with Gasteiger partial charge in [-0.25, -0.2) is 0 Å². The van der Waals surface area contributed by atoms with Crippen LogP contribution in [0.25, 0.3) is 0 Å². The molecule has 4 aromatic rings. The van der Waals surface area contributed by atoms with Crippen molar-refractivity contribution in [3.63, 3.8) is 0 Å². The lowest BCUT2D eigenvalue weighted by Crippen LogP contribution is -2.54. The fourth-order valence-electron chi connectivity index (χ4n) is 5.24. The molecule has 312 valence electrons. The highest BCUT2D eigenvalue weighted by atomic mass is 19.4. The molecule has 0 saturated heterocycles. The molecule has 0 aliphatic carbocycles. The molecule has 0 heterocycles. The van der Waals surface area contributed by atoms with Gasteiger partial charge in [0.1, 0.15) is 23.0 Å². The second-order valence-corrected chi connectivity index (χ2v) is 11.8. The van der Waals surface area contributed by atoms with Crippen LogP contribution in [-0.2, 0) is 17.3 Å². The molecule has 57 heavy (non-hydrogen) atoms. The number of hydrogen-bond donors (Lipinski definition) is 2. The predicted molar refractivity (Wildman–Crippen MR) is 157 cm³/mol. The highest BCUT2D eigenvalue weighted by Crippen LogP contribution is 2.58. The molecule has 0 fully saturated rings. The molecule has 4 N–H and O–H groups in total. The van der Waals surface area contributed by atoms with Gasteiger partial charge in [-0.05, 0) is 59.7 Å². The number of benzene rings is 4. The molecule has 0 radical (unpaired) electrons. The lowest BCUT2D eigenvalue weighted by Gasteiger charge is -2.38. The summed E-state index contributed by atoms with van der Waals surface area (Å²) in [4.78, 5) is 0. The Bertz CT molecular complexity index is 1920. The molecule has 0 atom stereocenters. The Kier molecular flexibility index (Phi) is 10.9. The van der Waals surface area contributed by atoms with Gasteiger partial charge in [0.15, 0.2) is 0 Å². The van der Waals surface area contributed by atoms with E-state index in [0.717, 1.165) is 0 Å². The highest BCUT2D eigenvalue weighted by molar-refractivity contribution is 5.55. The van der Waals surface area contributed by atoms with Crippen LogP contribution in [0.15, 0.2) is 84.9 Å². The Morgan fingerprint density at radius 1 is 0.351 bits per heavy atom. The molecule has 0 saturated carbocycles. The maximum absolute atomic E-state index is 14.7. The van der Waals surface area contributed by atoms with E-state index >= 15 is 0 Å². The van der Waals surface area contributed by atoms with Crippen molar-refractivity contribution in [3.05, 3.63) is 107 Å². The Balaban J connectivity index is 1.79. The minimum atomic E-state index is -6.83. The normalized spacial score (nSPS) is 14.1. The molecular formula is C33H18F20N2O2. The summed E-state index contributed by atoms with van der Waals surface area (Å²) >= 11 is 0. The van der Waals surface area contributed by atoms with Crippen molar-refractivity contribution >= 4 is 11.4 Å². The van der Waals surface area contributed by atoms with Crippen LogP contribution in [0.1, 0.15) is 22.3 Å². The van der Waals surface area contributed by atoms with Crippen molar-refractivity contribution in [2.45, 2.75) is 53.8 Å². The van der Waals surface area contributed by atoms with Gasteiger partial charge < -0.3 is 20.9 Å². The van der Waals surface area contributed by atoms with Crippen molar-refractivity contribution < 1.29 is 97.3 Å². The van der Waals surface area contributed by atoms with Crippen molar-refractivity contribution in [2.24, 2.45) is 0 Å². The van der Waals surface area contributed by atoms with Gasteiger partial charge in [0.25, 0.3) is 0 Å². The maximum atomic E-state index is 14.7. The van der Waals surface area contributed by atoms with Crippen LogP contribution in [0, 0.1) is 0 Å². The summed E-state index contributed by atoms with van der Waals surface area (Å²) < 4.78 is 288. The van der Waals surface area contributed by atoms with E-state index in [1.807, 2.05) is 0 Å². The Morgan fingerprint density at radius 2 is 0.632 bits per heavy atom. The Hall–Kier alpha value is -5.32. The average Bonchev–Trinajstić information content (AvgIpc) is 3.04. The van der Waals surface area contributed by atoms with E-state index in [1.54, 1.807) is 0 Å². The maximum Gasteiger partial charge on any atom is 0.460 e. The van der Waals surface area contributed by atoms with Crippen LogP contribution in [0.4, 0.5) is 99.2 Å². The number of anilines is 2. The van der Waals surface area contributed by atoms with Crippen molar-refractivity contribution in [1.29, 1.82) is 0 Å². The Morgan fingerprint density at radius 3 is 0.877 bits per heavy atom. The first-order valence-electron chi connectivity index (χ1n) is 14.8. The van der Waals surface area contributed by atoms with E-state index in [9.17, 15) is 87.8 Å². The number of ether oxygens (including phenoxy) is 2. The predicted octanol–water partition coefficient (Wildman–Crippen LogP) is 12.4. The summed E-state index contributed by atoms with van der Waals surface area (Å²) in [6.45, 7) is 0. The first-order valence-corrected chi connectivity index (χ1v) is 14.8. The third kappa shape index (κ3) is 7.48. The largest absolute Gasteiger partial charge is 0.460 e. The van der Waals surface area contributed by atoms with E-state index in [1.165, 1.54) is 0 Å². The molecule has 4 nitrogen and oxygen atoms in total. The zero-order valence-electron chi connectivity index (χ0n) is 27.1. The average molecular weight is 854 g/mol. The highest BCUT2D eigenvalue weighted by Gasteiger charge is 2.76. The van der Waals surface area contributed by atoms with Crippen LogP contribution in [-0.4, -0.2) is 36.6 Å². The molecule has 0 aliphatic rings. The SMILES string of the molecule is Nc1ccc(C(F)(F)C(F)(F)C(F)(F)F)c(Oc2ccc(C(c3ccc(Oc4cc(N)ccc4C(F)(F)C(F)(F)C(F)(F)F)cc3)(C(F)(F)F)C(F)(F)F)cc2)c1. The van der Waals surface area contributed by atoms with Gasteiger partial charge in [-0.15, -0.1) is 0 Å². The molecule has 0 amide bonds. The Labute approximate surface area is 304 Å².